The summed E-state index contributed by atoms with van der Waals surface area (Å²) in [7, 11) is 3.42. The Labute approximate surface area is 136 Å². The minimum absolute atomic E-state index is 0.769. The van der Waals surface area contributed by atoms with E-state index in [1.54, 1.807) is 14.2 Å². The van der Waals surface area contributed by atoms with E-state index >= 15 is 0 Å². The predicted octanol–water partition coefficient (Wildman–Crippen LogP) is 2.87. The highest BCUT2D eigenvalue weighted by molar-refractivity contribution is 4.63. The summed E-state index contributed by atoms with van der Waals surface area (Å²) in [6, 6.07) is 0. The van der Waals surface area contributed by atoms with Gasteiger partial charge in [-0.15, -0.1) is 0 Å². The first-order valence-corrected chi connectivity index (χ1v) is 8.44. The van der Waals surface area contributed by atoms with E-state index in [0.717, 1.165) is 91.4 Å². The number of rotatable bonds is 19. The molecule has 0 fully saturated rings. The third-order valence-electron chi connectivity index (χ3n) is 3.01. The number of hydrogen-bond donors (Lipinski definition) is 0. The van der Waals surface area contributed by atoms with E-state index in [1.165, 1.54) is 0 Å². The molecule has 0 saturated carbocycles. The maximum atomic E-state index is 5.56. The highest BCUT2D eigenvalue weighted by Crippen LogP contribution is 2.00. The third-order valence-corrected chi connectivity index (χ3v) is 3.01. The van der Waals surface area contributed by atoms with E-state index in [9.17, 15) is 0 Å². The van der Waals surface area contributed by atoms with Crippen LogP contribution >= 0.6 is 0 Å². The van der Waals surface area contributed by atoms with Gasteiger partial charge in [0, 0.05) is 67.1 Å². The van der Waals surface area contributed by atoms with Crippen LogP contribution in [0.3, 0.4) is 0 Å². The van der Waals surface area contributed by atoms with Crippen molar-refractivity contribution >= 4 is 0 Å². The fourth-order valence-corrected chi connectivity index (χ4v) is 1.82. The molecule has 0 N–H and O–H groups in total. The molecule has 0 aromatic carbocycles. The Balaban J connectivity index is 2.91. The first kappa shape index (κ1) is 21.8. The summed E-state index contributed by atoms with van der Waals surface area (Å²) in [5.74, 6) is 0. The fourth-order valence-electron chi connectivity index (χ4n) is 1.82. The zero-order valence-electron chi connectivity index (χ0n) is 14.5. The largest absolute Gasteiger partial charge is 0.385 e. The van der Waals surface area contributed by atoms with E-state index in [-0.39, 0.29) is 0 Å². The molecule has 0 aliphatic heterocycles. The van der Waals surface area contributed by atoms with Crippen LogP contribution in [0.4, 0.5) is 0 Å². The molecular weight excluding hydrogens is 284 g/mol. The van der Waals surface area contributed by atoms with Crippen LogP contribution in [0.25, 0.3) is 0 Å². The molecule has 0 rings (SSSR count). The van der Waals surface area contributed by atoms with Crippen molar-refractivity contribution in [3.05, 3.63) is 6.42 Å². The average molecular weight is 319 g/mol. The molecule has 0 amide bonds. The molecule has 0 heterocycles. The van der Waals surface area contributed by atoms with Gasteiger partial charge < -0.3 is 23.7 Å². The Hall–Kier alpha value is -0.200. The summed E-state index contributed by atoms with van der Waals surface area (Å²) in [5, 5.41) is 0. The molecule has 0 unspecified atom stereocenters. The molecule has 0 aromatic rings. The second-order valence-electron chi connectivity index (χ2n) is 5.10. The van der Waals surface area contributed by atoms with Crippen molar-refractivity contribution in [2.24, 2.45) is 0 Å². The number of ether oxygens (including phenoxy) is 5. The zero-order chi connectivity index (χ0) is 16.1. The van der Waals surface area contributed by atoms with Gasteiger partial charge >= 0.3 is 0 Å². The van der Waals surface area contributed by atoms with E-state index in [0.29, 0.717) is 0 Å². The van der Waals surface area contributed by atoms with E-state index in [1.807, 2.05) is 0 Å². The molecule has 0 spiro atoms. The van der Waals surface area contributed by atoms with Crippen molar-refractivity contribution in [2.45, 2.75) is 38.5 Å². The van der Waals surface area contributed by atoms with Crippen LogP contribution in [-0.2, 0) is 23.7 Å². The maximum absolute atomic E-state index is 5.56. The molecule has 0 atom stereocenters. The van der Waals surface area contributed by atoms with Crippen LogP contribution in [0, 0.1) is 6.42 Å². The minimum atomic E-state index is 0.769. The molecular formula is C17H35O5. The zero-order valence-corrected chi connectivity index (χ0v) is 14.5. The Morgan fingerprint density at radius 2 is 0.955 bits per heavy atom. The average Bonchev–Trinajstić information content (AvgIpc) is 2.54. The molecule has 22 heavy (non-hydrogen) atoms. The molecule has 1 radical (unpaired) electrons. The van der Waals surface area contributed by atoms with Gasteiger partial charge in [-0.25, -0.2) is 0 Å². The van der Waals surface area contributed by atoms with Crippen molar-refractivity contribution in [3.63, 3.8) is 0 Å². The van der Waals surface area contributed by atoms with Gasteiger partial charge in [-0.1, -0.05) is 0 Å². The van der Waals surface area contributed by atoms with Crippen LogP contribution in [0.5, 0.6) is 0 Å². The van der Waals surface area contributed by atoms with Gasteiger partial charge in [-0.05, 0) is 44.9 Å². The smallest absolute Gasteiger partial charge is 0.0488 e. The minimum Gasteiger partial charge on any atom is -0.385 e. The van der Waals surface area contributed by atoms with Gasteiger partial charge in [0.05, 0.1) is 0 Å². The van der Waals surface area contributed by atoms with Crippen LogP contribution < -0.4 is 0 Å². The number of hydrogen-bond acceptors (Lipinski definition) is 5. The summed E-state index contributed by atoms with van der Waals surface area (Å²) in [4.78, 5) is 0. The molecule has 0 aromatic heterocycles. The van der Waals surface area contributed by atoms with Crippen molar-refractivity contribution in [1.82, 2.24) is 0 Å². The van der Waals surface area contributed by atoms with Crippen molar-refractivity contribution < 1.29 is 23.7 Å². The van der Waals surface area contributed by atoms with Crippen molar-refractivity contribution in [2.75, 3.05) is 67.1 Å². The molecule has 0 aliphatic carbocycles. The lowest BCUT2D eigenvalue weighted by Crippen LogP contribution is -2.04. The second-order valence-corrected chi connectivity index (χ2v) is 5.10. The molecule has 0 bridgehead atoms. The van der Waals surface area contributed by atoms with Crippen LogP contribution in [-0.4, -0.2) is 67.1 Å². The lowest BCUT2D eigenvalue weighted by atomic mass is 10.2. The van der Waals surface area contributed by atoms with Gasteiger partial charge in [-0.3, -0.25) is 0 Å². The summed E-state index contributed by atoms with van der Waals surface area (Å²) in [6.45, 7) is 6.31. The highest BCUT2D eigenvalue weighted by Gasteiger charge is 1.94. The summed E-state index contributed by atoms with van der Waals surface area (Å²) in [6.07, 6.45) is 8.37. The maximum Gasteiger partial charge on any atom is 0.0488 e. The standard InChI is InChI=1S/C17H35O5/c1-18-10-7-14-20-12-5-3-4-6-13-21-16-9-17-22-15-8-11-19-2/h3H,4-17H2,1-2H3. The van der Waals surface area contributed by atoms with Gasteiger partial charge in [-0.2, -0.15) is 0 Å². The van der Waals surface area contributed by atoms with Crippen LogP contribution in [0.2, 0.25) is 0 Å². The first-order chi connectivity index (χ1) is 10.9. The van der Waals surface area contributed by atoms with Crippen molar-refractivity contribution in [1.29, 1.82) is 0 Å². The van der Waals surface area contributed by atoms with Gasteiger partial charge in [0.2, 0.25) is 0 Å². The number of unbranched alkanes of at least 4 members (excludes halogenated alkanes) is 3. The normalized spacial score (nSPS) is 11.2. The highest BCUT2D eigenvalue weighted by atomic mass is 16.5. The van der Waals surface area contributed by atoms with Gasteiger partial charge in [0.25, 0.3) is 0 Å². The number of methoxy groups -OCH3 is 2. The Morgan fingerprint density at radius 1 is 0.500 bits per heavy atom. The lowest BCUT2D eigenvalue weighted by molar-refractivity contribution is 0.0708. The third kappa shape index (κ3) is 19.8. The Morgan fingerprint density at radius 3 is 1.50 bits per heavy atom. The summed E-state index contributed by atoms with van der Waals surface area (Å²) in [5.41, 5.74) is 0. The lowest BCUT2D eigenvalue weighted by Gasteiger charge is -2.06. The fraction of sp³-hybridized carbons (Fsp3) is 0.941. The molecule has 0 saturated heterocycles. The van der Waals surface area contributed by atoms with Gasteiger partial charge in [0.15, 0.2) is 0 Å². The first-order valence-electron chi connectivity index (χ1n) is 8.44. The topological polar surface area (TPSA) is 46.2 Å². The predicted molar refractivity (Wildman–Crippen MR) is 88.2 cm³/mol. The van der Waals surface area contributed by atoms with E-state index in [4.69, 9.17) is 23.7 Å². The van der Waals surface area contributed by atoms with Crippen molar-refractivity contribution in [3.8, 4) is 0 Å². The summed E-state index contributed by atoms with van der Waals surface area (Å²) >= 11 is 0. The van der Waals surface area contributed by atoms with E-state index < -0.39 is 0 Å². The molecule has 5 heteroatoms. The molecule has 5 nitrogen and oxygen atoms in total. The Kier molecular flexibility index (Phi) is 20.6. The van der Waals surface area contributed by atoms with Crippen LogP contribution in [0.15, 0.2) is 0 Å². The Bertz CT molecular complexity index is 170. The molecule has 0 aliphatic rings. The monoisotopic (exact) mass is 319 g/mol. The van der Waals surface area contributed by atoms with Crippen LogP contribution in [0.1, 0.15) is 38.5 Å². The van der Waals surface area contributed by atoms with E-state index in [2.05, 4.69) is 6.42 Å². The SMILES string of the molecule is COCCCOCC[CH]CCCOCCCOCCCOC. The quantitative estimate of drug-likeness (QED) is 0.343. The summed E-state index contributed by atoms with van der Waals surface area (Å²) < 4.78 is 26.4. The van der Waals surface area contributed by atoms with Gasteiger partial charge in [0.1, 0.15) is 0 Å². The second kappa shape index (κ2) is 20.8. The molecule has 133 valence electrons.